The van der Waals surface area contributed by atoms with Crippen LogP contribution in [-0.4, -0.2) is 35.0 Å². The van der Waals surface area contributed by atoms with Gasteiger partial charge in [0.2, 0.25) is 0 Å². The highest BCUT2D eigenvalue weighted by Gasteiger charge is 2.48. The first kappa shape index (κ1) is 29.0. The molecule has 2 unspecified atom stereocenters. The summed E-state index contributed by atoms with van der Waals surface area (Å²) in [6.45, 7) is 24.7. The zero-order valence-corrected chi connectivity index (χ0v) is 21.6. The first-order valence-electron chi connectivity index (χ1n) is 11.4. The lowest BCUT2D eigenvalue weighted by atomic mass is 9.71. The van der Waals surface area contributed by atoms with Gasteiger partial charge in [-0.2, -0.15) is 0 Å². The Labute approximate surface area is 186 Å². The number of rotatable bonds is 13. The summed E-state index contributed by atoms with van der Waals surface area (Å²) in [6, 6.07) is 0. The highest BCUT2D eigenvalue weighted by Crippen LogP contribution is 2.39. The Kier molecular flexibility index (Phi) is 10.7. The van der Waals surface area contributed by atoms with Crippen LogP contribution in [0.4, 0.5) is 0 Å². The molecular weight excluding hydrogens is 376 g/mol. The van der Waals surface area contributed by atoms with E-state index in [0.717, 1.165) is 25.7 Å². The van der Waals surface area contributed by atoms with Crippen LogP contribution in [0, 0.1) is 10.8 Å². The lowest BCUT2D eigenvalue weighted by Crippen LogP contribution is -2.54. The van der Waals surface area contributed by atoms with Crippen LogP contribution in [0.15, 0.2) is 12.7 Å². The van der Waals surface area contributed by atoms with Gasteiger partial charge in [-0.15, -0.1) is 6.58 Å². The van der Waals surface area contributed by atoms with Gasteiger partial charge in [0.05, 0.1) is 16.6 Å². The fourth-order valence-electron chi connectivity index (χ4n) is 3.41. The second kappa shape index (κ2) is 11.0. The summed E-state index contributed by atoms with van der Waals surface area (Å²) < 4.78 is 12.4. The van der Waals surface area contributed by atoms with Crippen molar-refractivity contribution in [3.63, 3.8) is 0 Å². The molecule has 0 aromatic rings. The van der Waals surface area contributed by atoms with Gasteiger partial charge in [-0.05, 0) is 60.8 Å². The molecule has 0 fully saturated rings. The van der Waals surface area contributed by atoms with Crippen molar-refractivity contribution < 1.29 is 19.1 Å². The molecule has 176 valence electrons. The van der Waals surface area contributed by atoms with Crippen LogP contribution in [0.25, 0.3) is 0 Å². The predicted molar refractivity (Wildman–Crippen MR) is 126 cm³/mol. The quantitative estimate of drug-likeness (QED) is 0.244. The van der Waals surface area contributed by atoms with Gasteiger partial charge >= 0.3 is 0 Å². The average molecular weight is 425 g/mol. The Hall–Kier alpha value is -1.00. The molecule has 4 heteroatoms. The highest BCUT2D eigenvalue weighted by molar-refractivity contribution is 5.90. The van der Waals surface area contributed by atoms with E-state index in [0.29, 0.717) is 6.42 Å². The largest absolute Gasteiger partial charge is 0.365 e. The molecule has 0 aliphatic carbocycles. The van der Waals surface area contributed by atoms with Gasteiger partial charge in [-0.3, -0.25) is 9.59 Å². The second-order valence-electron chi connectivity index (χ2n) is 11.5. The van der Waals surface area contributed by atoms with Crippen molar-refractivity contribution in [1.29, 1.82) is 0 Å². The first-order valence-corrected chi connectivity index (χ1v) is 11.4. The van der Waals surface area contributed by atoms with Crippen LogP contribution in [0.1, 0.15) is 108 Å². The summed E-state index contributed by atoms with van der Waals surface area (Å²) >= 11 is 0. The fraction of sp³-hybridized carbons (Fsp3) is 0.846. The minimum atomic E-state index is -0.827. The fourth-order valence-corrected chi connectivity index (χ4v) is 3.41. The van der Waals surface area contributed by atoms with Crippen molar-refractivity contribution in [1.82, 2.24) is 0 Å². The molecule has 0 aliphatic rings. The van der Waals surface area contributed by atoms with Crippen LogP contribution < -0.4 is 0 Å². The number of carbonyl (C=O) groups is 2. The Bertz CT molecular complexity index is 573. The van der Waals surface area contributed by atoms with Crippen LogP contribution in [0.2, 0.25) is 0 Å². The lowest BCUT2D eigenvalue weighted by molar-refractivity contribution is -0.181. The van der Waals surface area contributed by atoms with Crippen molar-refractivity contribution >= 4 is 11.6 Å². The minimum absolute atomic E-state index is 0.0182. The van der Waals surface area contributed by atoms with Crippen molar-refractivity contribution in [3.8, 4) is 0 Å². The predicted octanol–water partition coefficient (Wildman–Crippen LogP) is 6.70. The molecule has 0 saturated heterocycles. The monoisotopic (exact) mass is 424 g/mol. The molecule has 0 bridgehead atoms. The summed E-state index contributed by atoms with van der Waals surface area (Å²) in [7, 11) is 0. The molecular formula is C26H48O4. The number of ether oxygens (including phenoxy) is 2. The molecule has 0 heterocycles. The number of carbonyl (C=O) groups excluding carboxylic acids is 2. The molecule has 0 aliphatic heterocycles. The average Bonchev–Trinajstić information content (AvgIpc) is 2.56. The molecule has 0 saturated carbocycles. The van der Waals surface area contributed by atoms with Crippen LogP contribution in [0.5, 0.6) is 0 Å². The normalized spacial score (nSPS) is 15.6. The smallest absolute Gasteiger partial charge is 0.169 e. The van der Waals surface area contributed by atoms with Crippen molar-refractivity contribution in [2.45, 2.75) is 132 Å². The molecule has 0 N–H and O–H groups in total. The van der Waals surface area contributed by atoms with E-state index < -0.39 is 34.2 Å². The third kappa shape index (κ3) is 9.01. The van der Waals surface area contributed by atoms with Gasteiger partial charge in [0.25, 0.3) is 0 Å². The van der Waals surface area contributed by atoms with E-state index in [4.69, 9.17) is 9.47 Å². The second-order valence-corrected chi connectivity index (χ2v) is 11.5. The van der Waals surface area contributed by atoms with Gasteiger partial charge in [0.15, 0.2) is 11.6 Å². The van der Waals surface area contributed by atoms with Gasteiger partial charge in [0, 0.05) is 5.41 Å². The molecule has 0 spiro atoms. The summed E-state index contributed by atoms with van der Waals surface area (Å²) in [5, 5.41) is 0. The molecule has 0 rings (SSSR count). The van der Waals surface area contributed by atoms with Crippen LogP contribution in [0.3, 0.4) is 0 Å². The SMILES string of the molecule is C=CCCCCCC(OC(C)(C)C(C)(C)C(=O)C(C)OC(C)(C)C)C(=O)C(C)(C)C. The molecule has 30 heavy (non-hydrogen) atoms. The van der Waals surface area contributed by atoms with Crippen LogP contribution in [-0.2, 0) is 19.1 Å². The van der Waals surface area contributed by atoms with E-state index in [1.807, 2.05) is 75.3 Å². The van der Waals surface area contributed by atoms with E-state index in [2.05, 4.69) is 6.58 Å². The summed E-state index contributed by atoms with van der Waals surface area (Å²) in [4.78, 5) is 26.4. The van der Waals surface area contributed by atoms with E-state index in [1.165, 1.54) is 0 Å². The van der Waals surface area contributed by atoms with E-state index in [9.17, 15) is 9.59 Å². The molecule has 0 amide bonds. The van der Waals surface area contributed by atoms with Crippen molar-refractivity contribution in [2.75, 3.05) is 0 Å². The molecule has 0 radical (unpaired) electrons. The van der Waals surface area contributed by atoms with Gasteiger partial charge in [-0.25, -0.2) is 0 Å². The number of allylic oxidation sites excluding steroid dienone is 1. The van der Waals surface area contributed by atoms with Crippen molar-refractivity contribution in [2.24, 2.45) is 10.8 Å². The standard InChI is InChI=1S/C26H48O4/c1-13-14-15-16-17-18-20(22(28)23(3,4)5)30-26(11,12)25(9,10)21(27)19(2)29-24(6,7)8/h13,19-20H,1,14-18H2,2-12H3. The maximum atomic E-state index is 13.3. The Morgan fingerprint density at radius 2 is 1.37 bits per heavy atom. The van der Waals surface area contributed by atoms with Gasteiger partial charge in [-0.1, -0.05) is 53.5 Å². The van der Waals surface area contributed by atoms with E-state index >= 15 is 0 Å². The number of hydrogen-bond acceptors (Lipinski definition) is 4. The number of unbranched alkanes of at least 4 members (excludes halogenated alkanes) is 3. The first-order chi connectivity index (χ1) is 13.4. The summed E-state index contributed by atoms with van der Waals surface area (Å²) in [5.74, 6) is 0.0666. The Morgan fingerprint density at radius 3 is 1.80 bits per heavy atom. The van der Waals surface area contributed by atoms with E-state index in [1.54, 1.807) is 6.92 Å². The third-order valence-electron chi connectivity index (χ3n) is 5.86. The minimum Gasteiger partial charge on any atom is -0.365 e. The number of hydrogen-bond donors (Lipinski definition) is 0. The zero-order chi connectivity index (χ0) is 24.0. The number of Topliss-reactive ketones (excluding diaryl/α,β-unsaturated/α-hetero) is 2. The molecule has 0 aromatic heterocycles. The van der Waals surface area contributed by atoms with Crippen molar-refractivity contribution in [3.05, 3.63) is 12.7 Å². The maximum absolute atomic E-state index is 13.3. The lowest BCUT2D eigenvalue weighted by Gasteiger charge is -2.44. The van der Waals surface area contributed by atoms with Gasteiger partial charge in [0.1, 0.15) is 12.2 Å². The third-order valence-corrected chi connectivity index (χ3v) is 5.86. The molecule has 2 atom stereocenters. The number of ketones is 2. The molecule has 4 nitrogen and oxygen atoms in total. The maximum Gasteiger partial charge on any atom is 0.169 e. The molecule has 0 aromatic carbocycles. The highest BCUT2D eigenvalue weighted by atomic mass is 16.5. The Morgan fingerprint density at radius 1 is 0.833 bits per heavy atom. The summed E-state index contributed by atoms with van der Waals surface area (Å²) in [6.07, 6.45) is 5.48. The zero-order valence-electron chi connectivity index (χ0n) is 21.6. The topological polar surface area (TPSA) is 52.6 Å². The Balaban J connectivity index is 5.51. The van der Waals surface area contributed by atoms with Crippen LogP contribution >= 0.6 is 0 Å². The summed E-state index contributed by atoms with van der Waals surface area (Å²) in [5.41, 5.74) is -2.56. The van der Waals surface area contributed by atoms with Gasteiger partial charge < -0.3 is 9.47 Å². The van der Waals surface area contributed by atoms with E-state index in [-0.39, 0.29) is 11.6 Å².